The standard InChI is InChI=1S/C6H15NO3Si/c1-6(2,3)10-11-9-5(8)4-7/h4,7,11H2,1-3H3. The lowest BCUT2D eigenvalue weighted by molar-refractivity contribution is -0.134. The highest BCUT2D eigenvalue weighted by Crippen LogP contribution is 2.04. The zero-order valence-corrected chi connectivity index (χ0v) is 8.63. The van der Waals surface area contributed by atoms with Gasteiger partial charge in [0.05, 0.1) is 12.1 Å². The Morgan fingerprint density at radius 2 is 2.09 bits per heavy atom. The Morgan fingerprint density at radius 1 is 1.55 bits per heavy atom. The van der Waals surface area contributed by atoms with Gasteiger partial charge in [-0.15, -0.1) is 0 Å². The third kappa shape index (κ3) is 7.50. The second kappa shape index (κ2) is 4.48. The summed E-state index contributed by atoms with van der Waals surface area (Å²) in [5, 5.41) is 0. The van der Waals surface area contributed by atoms with Crippen molar-refractivity contribution in [2.45, 2.75) is 26.4 Å². The van der Waals surface area contributed by atoms with Crippen LogP contribution in [0, 0.1) is 0 Å². The van der Waals surface area contributed by atoms with Gasteiger partial charge in [0.25, 0.3) is 0 Å². The third-order valence-corrected chi connectivity index (χ3v) is 2.30. The normalized spacial score (nSPS) is 12.4. The number of nitrogens with two attached hydrogens (primary N) is 1. The lowest BCUT2D eigenvalue weighted by Crippen LogP contribution is -2.27. The molecule has 0 aromatic heterocycles. The zero-order chi connectivity index (χ0) is 8.91. The van der Waals surface area contributed by atoms with Crippen LogP contribution in [-0.4, -0.2) is 28.1 Å². The first kappa shape index (κ1) is 10.6. The first-order valence-electron chi connectivity index (χ1n) is 3.45. The molecule has 0 saturated carbocycles. The molecule has 0 atom stereocenters. The molecule has 4 nitrogen and oxygen atoms in total. The fourth-order valence-corrected chi connectivity index (χ4v) is 0.993. The second-order valence-corrected chi connectivity index (χ2v) is 3.91. The molecule has 0 radical (unpaired) electrons. The Labute approximate surface area is 69.1 Å². The second-order valence-electron chi connectivity index (χ2n) is 3.10. The summed E-state index contributed by atoms with van der Waals surface area (Å²) >= 11 is 0. The topological polar surface area (TPSA) is 61.5 Å². The molecule has 0 aromatic carbocycles. The monoisotopic (exact) mass is 177 g/mol. The summed E-state index contributed by atoms with van der Waals surface area (Å²) in [5.41, 5.74) is 4.79. The molecule has 5 heteroatoms. The molecule has 2 N–H and O–H groups in total. The fourth-order valence-electron chi connectivity index (χ4n) is 0.331. The van der Waals surface area contributed by atoms with Crippen LogP contribution in [0.1, 0.15) is 20.8 Å². The molecule has 0 heterocycles. The molecule has 0 amide bonds. The van der Waals surface area contributed by atoms with Crippen molar-refractivity contribution in [3.63, 3.8) is 0 Å². The average Bonchev–Trinajstić information content (AvgIpc) is 1.85. The highest BCUT2D eigenvalue weighted by atomic mass is 28.3. The van der Waals surface area contributed by atoms with E-state index in [0.29, 0.717) is 0 Å². The van der Waals surface area contributed by atoms with E-state index in [1.165, 1.54) is 0 Å². The molecule has 66 valence electrons. The van der Waals surface area contributed by atoms with Gasteiger partial charge < -0.3 is 14.6 Å². The molecule has 0 unspecified atom stereocenters. The smallest absolute Gasteiger partial charge is 0.369 e. The number of hydrogen-bond acceptors (Lipinski definition) is 4. The molecule has 0 aliphatic heterocycles. The number of carbonyl (C=O) groups is 1. The van der Waals surface area contributed by atoms with Crippen LogP contribution >= 0.6 is 0 Å². The quantitative estimate of drug-likeness (QED) is 0.579. The molecule has 0 bridgehead atoms. The summed E-state index contributed by atoms with van der Waals surface area (Å²) < 4.78 is 9.96. The van der Waals surface area contributed by atoms with E-state index in [0.717, 1.165) is 0 Å². The van der Waals surface area contributed by atoms with Crippen LogP contribution in [0.4, 0.5) is 0 Å². The van der Waals surface area contributed by atoms with Crippen LogP contribution in [0.5, 0.6) is 0 Å². The molecular formula is C6H15NO3Si. The van der Waals surface area contributed by atoms with Crippen LogP contribution in [0.2, 0.25) is 0 Å². The highest BCUT2D eigenvalue weighted by Gasteiger charge is 2.10. The van der Waals surface area contributed by atoms with Crippen molar-refractivity contribution in [3.05, 3.63) is 0 Å². The minimum atomic E-state index is -1.18. The van der Waals surface area contributed by atoms with Crippen molar-refractivity contribution in [3.8, 4) is 0 Å². The Balaban J connectivity index is 3.35. The van der Waals surface area contributed by atoms with Crippen molar-refractivity contribution < 1.29 is 13.6 Å². The first-order chi connectivity index (χ1) is 4.95. The lowest BCUT2D eigenvalue weighted by Gasteiger charge is -2.18. The van der Waals surface area contributed by atoms with Crippen LogP contribution < -0.4 is 5.73 Å². The Bertz CT molecular complexity index is 132. The summed E-state index contributed by atoms with van der Waals surface area (Å²) in [6.45, 7) is 5.67. The fraction of sp³-hybridized carbons (Fsp3) is 0.833. The molecule has 0 spiro atoms. The molecule has 0 fully saturated rings. The Morgan fingerprint density at radius 3 is 2.45 bits per heavy atom. The van der Waals surface area contributed by atoms with Gasteiger partial charge in [0.2, 0.25) is 0 Å². The van der Waals surface area contributed by atoms with Crippen LogP contribution in [0.3, 0.4) is 0 Å². The Hall–Kier alpha value is -0.393. The van der Waals surface area contributed by atoms with Crippen molar-refractivity contribution in [2.24, 2.45) is 5.73 Å². The minimum Gasteiger partial charge on any atom is -0.498 e. The molecule has 0 aromatic rings. The maximum Gasteiger partial charge on any atom is 0.369 e. The van der Waals surface area contributed by atoms with E-state index < -0.39 is 10.0 Å². The van der Waals surface area contributed by atoms with Gasteiger partial charge in [-0.2, -0.15) is 0 Å². The van der Waals surface area contributed by atoms with Gasteiger partial charge in [0.1, 0.15) is 0 Å². The maximum absolute atomic E-state index is 10.5. The first-order valence-corrected chi connectivity index (χ1v) is 4.61. The van der Waals surface area contributed by atoms with Crippen LogP contribution in [0.25, 0.3) is 0 Å². The molecular weight excluding hydrogens is 162 g/mol. The van der Waals surface area contributed by atoms with Gasteiger partial charge in [-0.1, -0.05) is 0 Å². The lowest BCUT2D eigenvalue weighted by atomic mass is 10.2. The molecule has 11 heavy (non-hydrogen) atoms. The van der Waals surface area contributed by atoms with Crippen molar-refractivity contribution >= 4 is 16.0 Å². The SMILES string of the molecule is CC(C)(C)O[SiH2]OC(=O)CN. The summed E-state index contributed by atoms with van der Waals surface area (Å²) in [6.07, 6.45) is 0. The number of rotatable bonds is 3. The van der Waals surface area contributed by atoms with Crippen molar-refractivity contribution in [2.75, 3.05) is 6.54 Å². The van der Waals surface area contributed by atoms with E-state index in [9.17, 15) is 4.79 Å². The zero-order valence-electron chi connectivity index (χ0n) is 7.22. The van der Waals surface area contributed by atoms with Gasteiger partial charge in [0.15, 0.2) is 0 Å². The van der Waals surface area contributed by atoms with Crippen LogP contribution in [-0.2, 0) is 13.6 Å². The molecule has 0 saturated heterocycles. The number of hydrogen-bond donors (Lipinski definition) is 1. The van der Waals surface area contributed by atoms with E-state index in [-0.39, 0.29) is 18.1 Å². The number of carbonyl (C=O) groups excluding carboxylic acids is 1. The third-order valence-electron chi connectivity index (χ3n) is 0.879. The summed E-state index contributed by atoms with van der Waals surface area (Å²) in [6, 6.07) is 0. The van der Waals surface area contributed by atoms with Gasteiger partial charge in [0, 0.05) is 0 Å². The minimum absolute atomic E-state index is 0.0689. The van der Waals surface area contributed by atoms with E-state index in [1.54, 1.807) is 0 Å². The highest BCUT2D eigenvalue weighted by molar-refractivity contribution is 6.22. The summed E-state index contributed by atoms with van der Waals surface area (Å²) in [5.74, 6) is -0.388. The molecule has 0 aliphatic rings. The van der Waals surface area contributed by atoms with Crippen molar-refractivity contribution in [1.82, 2.24) is 0 Å². The Kier molecular flexibility index (Phi) is 4.32. The molecule has 0 rings (SSSR count). The average molecular weight is 177 g/mol. The predicted octanol–water partition coefficient (Wildman–Crippen LogP) is -0.698. The van der Waals surface area contributed by atoms with Gasteiger partial charge in [-0.25, -0.2) is 0 Å². The van der Waals surface area contributed by atoms with E-state index >= 15 is 0 Å². The van der Waals surface area contributed by atoms with E-state index in [2.05, 4.69) is 0 Å². The van der Waals surface area contributed by atoms with E-state index in [1.807, 2.05) is 20.8 Å². The summed E-state index contributed by atoms with van der Waals surface area (Å²) in [7, 11) is -1.18. The summed E-state index contributed by atoms with van der Waals surface area (Å²) in [4.78, 5) is 10.5. The van der Waals surface area contributed by atoms with Gasteiger partial charge in [-0.3, -0.25) is 4.79 Å². The predicted molar refractivity (Wildman–Crippen MR) is 44.5 cm³/mol. The maximum atomic E-state index is 10.5. The largest absolute Gasteiger partial charge is 0.498 e. The molecule has 0 aliphatic carbocycles. The van der Waals surface area contributed by atoms with E-state index in [4.69, 9.17) is 14.6 Å². The van der Waals surface area contributed by atoms with Crippen LogP contribution in [0.15, 0.2) is 0 Å². The van der Waals surface area contributed by atoms with Gasteiger partial charge >= 0.3 is 16.0 Å². The van der Waals surface area contributed by atoms with Gasteiger partial charge in [-0.05, 0) is 20.8 Å². The van der Waals surface area contributed by atoms with Crippen molar-refractivity contribution in [1.29, 1.82) is 0 Å².